The highest BCUT2D eigenvalue weighted by Crippen LogP contribution is 2.25. The van der Waals surface area contributed by atoms with Crippen LogP contribution in [0.25, 0.3) is 11.2 Å². The van der Waals surface area contributed by atoms with Crippen LogP contribution >= 0.6 is 40.1 Å². The maximum Gasteiger partial charge on any atom is 0.573 e. The Morgan fingerprint density at radius 3 is 2.50 bits per heavy atom. The second-order valence-corrected chi connectivity index (χ2v) is 12.1. The Bertz CT molecular complexity index is 1660. The highest BCUT2D eigenvalue weighted by atomic mass is 127. The van der Waals surface area contributed by atoms with Gasteiger partial charge in [0, 0.05) is 18.6 Å². The molecule has 0 N–H and O–H groups in total. The minimum atomic E-state index is -4.88. The molecular weight excluding hydrogens is 707 g/mol. The van der Waals surface area contributed by atoms with Crippen LogP contribution < -0.4 is 16.0 Å². The Labute approximate surface area is 248 Å². The van der Waals surface area contributed by atoms with Gasteiger partial charge < -0.3 is 13.8 Å². The quantitative estimate of drug-likeness (QED) is 0.120. The van der Waals surface area contributed by atoms with Crippen molar-refractivity contribution in [3.63, 3.8) is 0 Å². The van der Waals surface area contributed by atoms with Crippen molar-refractivity contribution in [2.24, 2.45) is 7.05 Å². The zero-order valence-corrected chi connectivity index (χ0v) is 25.5. The lowest BCUT2D eigenvalue weighted by Crippen LogP contribution is -2.40. The molecule has 40 heavy (non-hydrogen) atoms. The van der Waals surface area contributed by atoms with E-state index < -0.39 is 34.2 Å². The molecule has 2 aromatic carbocycles. The third-order valence-electron chi connectivity index (χ3n) is 5.77. The van der Waals surface area contributed by atoms with Crippen LogP contribution in [0, 0.1) is 0 Å². The zero-order chi connectivity index (χ0) is 29.0. The van der Waals surface area contributed by atoms with Crippen molar-refractivity contribution >= 4 is 62.1 Å². The van der Waals surface area contributed by atoms with E-state index >= 15 is 0 Å². The fraction of sp³-hybridized carbons (Fsp3) is 0.292. The standard InChI is InChI=1S/C24H22ClF3IN4O5PS/c1-31-20-19(21(34)32(23(31)35)10-3-11-37-39-29)33(13-15-6-8-17(25)9-7-15)22(30-20)40(36)14-16-4-2-5-18(12-16)38-24(26,27)28/h2,4-9,12,39H,3,10-11,13-14H2,1H3. The van der Waals surface area contributed by atoms with Gasteiger partial charge in [0.25, 0.3) is 5.56 Å². The van der Waals surface area contributed by atoms with Crippen LogP contribution in [0.2, 0.25) is 5.02 Å². The largest absolute Gasteiger partial charge is 0.573 e. The molecule has 4 rings (SSSR count). The van der Waals surface area contributed by atoms with Gasteiger partial charge in [-0.2, -0.15) is 0 Å². The maximum atomic E-state index is 13.6. The number of aromatic nitrogens is 4. The minimum Gasteiger partial charge on any atom is -0.406 e. The van der Waals surface area contributed by atoms with Gasteiger partial charge in [-0.05, 0) is 63.9 Å². The molecule has 0 saturated carbocycles. The van der Waals surface area contributed by atoms with E-state index in [2.05, 4.69) is 31.8 Å². The second-order valence-electron chi connectivity index (χ2n) is 8.54. The lowest BCUT2D eigenvalue weighted by Gasteiger charge is -2.12. The normalized spacial score (nSPS) is 12.9. The fourth-order valence-corrected chi connectivity index (χ4v) is 6.23. The zero-order valence-electron chi connectivity index (χ0n) is 20.8. The first kappa shape index (κ1) is 30.7. The number of fused-ring (bicyclic) bond motifs is 1. The van der Waals surface area contributed by atoms with E-state index in [-0.39, 0.29) is 41.6 Å². The van der Waals surface area contributed by atoms with Crippen LogP contribution in [0.15, 0.2) is 63.3 Å². The Kier molecular flexibility index (Phi) is 10.1. The Hall–Kier alpha value is -2.26. The van der Waals surface area contributed by atoms with Gasteiger partial charge in [0.1, 0.15) is 5.75 Å². The molecule has 0 fully saturated rings. The average Bonchev–Trinajstić information content (AvgIpc) is 3.27. The number of alkyl halides is 3. The summed E-state index contributed by atoms with van der Waals surface area (Å²) in [7, 11) is -0.454. The topological polar surface area (TPSA) is 97.3 Å². The smallest absolute Gasteiger partial charge is 0.406 e. The van der Waals surface area contributed by atoms with Gasteiger partial charge in [-0.3, -0.25) is 18.1 Å². The number of ether oxygens (including phenoxy) is 1. The second kappa shape index (κ2) is 13.1. The number of halogens is 5. The molecule has 0 amide bonds. The first-order valence-electron chi connectivity index (χ1n) is 11.6. The average molecular weight is 729 g/mol. The molecule has 2 unspecified atom stereocenters. The first-order chi connectivity index (χ1) is 19.0. The Morgan fingerprint density at radius 2 is 1.82 bits per heavy atom. The lowest BCUT2D eigenvalue weighted by atomic mass is 10.2. The molecule has 0 aliphatic rings. The molecule has 16 heteroatoms. The summed E-state index contributed by atoms with van der Waals surface area (Å²) in [5, 5.41) is 0.495. The number of hydrogen-bond acceptors (Lipinski definition) is 6. The van der Waals surface area contributed by atoms with E-state index in [1.807, 2.05) is 0 Å². The summed E-state index contributed by atoms with van der Waals surface area (Å²) >= 11 is 8.10. The summed E-state index contributed by atoms with van der Waals surface area (Å²) in [4.78, 5) is 31.1. The number of rotatable bonds is 11. The molecule has 0 spiro atoms. The van der Waals surface area contributed by atoms with Crippen molar-refractivity contribution in [2.75, 3.05) is 6.61 Å². The number of benzene rings is 2. The molecule has 4 aromatic rings. The highest BCUT2D eigenvalue weighted by Gasteiger charge is 2.31. The fourth-order valence-electron chi connectivity index (χ4n) is 4.02. The van der Waals surface area contributed by atoms with E-state index in [9.17, 15) is 27.0 Å². The molecule has 9 nitrogen and oxygen atoms in total. The van der Waals surface area contributed by atoms with Gasteiger partial charge in [-0.25, -0.2) is 9.78 Å². The van der Waals surface area contributed by atoms with Crippen molar-refractivity contribution < 1.29 is 26.6 Å². The van der Waals surface area contributed by atoms with E-state index in [4.69, 9.17) is 16.1 Å². The summed E-state index contributed by atoms with van der Waals surface area (Å²) in [6, 6.07) is 12.0. The van der Waals surface area contributed by atoms with Crippen molar-refractivity contribution in [2.45, 2.75) is 36.8 Å². The van der Waals surface area contributed by atoms with Crippen molar-refractivity contribution in [1.29, 1.82) is 0 Å². The van der Waals surface area contributed by atoms with Crippen LogP contribution in [0.4, 0.5) is 13.2 Å². The van der Waals surface area contributed by atoms with Gasteiger partial charge in [0.2, 0.25) is 5.16 Å². The molecular formula is C24H22ClF3IN4O5PS. The Balaban J connectivity index is 1.80. The molecule has 2 atom stereocenters. The predicted molar refractivity (Wildman–Crippen MR) is 156 cm³/mol. The van der Waals surface area contributed by atoms with Crippen molar-refractivity contribution in [3.05, 3.63) is 85.5 Å². The SMILES string of the molecule is Cn1c(=O)n(CCCOPI)c(=O)c2c1nc(S(=O)Cc1cccc(OC(F)(F)F)c1)n2Cc1ccc(Cl)cc1. The van der Waals surface area contributed by atoms with Gasteiger partial charge in [-0.15, -0.1) is 13.2 Å². The van der Waals surface area contributed by atoms with Gasteiger partial charge in [0.15, 0.2) is 11.2 Å². The van der Waals surface area contributed by atoms with E-state index in [1.54, 1.807) is 24.3 Å². The summed E-state index contributed by atoms with van der Waals surface area (Å²) in [5.74, 6) is -0.663. The van der Waals surface area contributed by atoms with Crippen LogP contribution in [0.3, 0.4) is 0 Å². The third-order valence-corrected chi connectivity index (χ3v) is 8.58. The number of hydrogen-bond donors (Lipinski definition) is 0. The molecule has 0 aliphatic carbocycles. The lowest BCUT2D eigenvalue weighted by molar-refractivity contribution is -0.274. The van der Waals surface area contributed by atoms with Crippen LogP contribution in [-0.2, 0) is 41.2 Å². The van der Waals surface area contributed by atoms with Crippen LogP contribution in [0.5, 0.6) is 5.75 Å². The van der Waals surface area contributed by atoms with Crippen LogP contribution in [-0.4, -0.2) is 35.9 Å². The van der Waals surface area contributed by atoms with Crippen molar-refractivity contribution in [1.82, 2.24) is 18.7 Å². The molecule has 214 valence electrons. The van der Waals surface area contributed by atoms with Crippen molar-refractivity contribution in [3.8, 4) is 5.75 Å². The first-order valence-corrected chi connectivity index (χ1v) is 17.4. The molecule has 0 aliphatic heterocycles. The third kappa shape index (κ3) is 7.32. The summed E-state index contributed by atoms with van der Waals surface area (Å²) in [5.41, 5.74) is -0.0413. The molecule has 0 saturated heterocycles. The minimum absolute atomic E-state index is 0.00797. The summed E-state index contributed by atoms with van der Waals surface area (Å²) in [6.07, 6.45) is -4.45. The van der Waals surface area contributed by atoms with Crippen LogP contribution in [0.1, 0.15) is 17.5 Å². The molecule has 2 heterocycles. The maximum absolute atomic E-state index is 13.6. The van der Waals surface area contributed by atoms with Gasteiger partial charge >= 0.3 is 12.1 Å². The Morgan fingerprint density at radius 1 is 1.10 bits per heavy atom. The van der Waals surface area contributed by atoms with E-state index in [0.717, 1.165) is 22.3 Å². The molecule has 2 aromatic heterocycles. The monoisotopic (exact) mass is 728 g/mol. The molecule has 0 radical (unpaired) electrons. The number of aryl methyl sites for hydroxylation is 1. The summed E-state index contributed by atoms with van der Waals surface area (Å²) in [6.45, 7) is 0.804. The predicted octanol–water partition coefficient (Wildman–Crippen LogP) is 5.16. The van der Waals surface area contributed by atoms with Gasteiger partial charge in [-0.1, -0.05) is 35.9 Å². The van der Waals surface area contributed by atoms with Gasteiger partial charge in [0.05, 0.1) is 36.2 Å². The highest BCUT2D eigenvalue weighted by molar-refractivity contribution is 14.2. The van der Waals surface area contributed by atoms with E-state index in [0.29, 0.717) is 23.6 Å². The summed E-state index contributed by atoms with van der Waals surface area (Å²) < 4.78 is 64.8. The number of nitrogens with zero attached hydrogens (tertiary/aromatic N) is 4. The number of imidazole rings is 1. The molecule has 0 bridgehead atoms. The van der Waals surface area contributed by atoms with E-state index in [1.165, 1.54) is 28.3 Å².